The number of carbonyl (C=O) groups excluding carboxylic acids is 1. The number of amides is 1. The zero-order chi connectivity index (χ0) is 20.6. The lowest BCUT2D eigenvalue weighted by Crippen LogP contribution is -2.39. The van der Waals surface area contributed by atoms with Crippen LogP contribution < -0.4 is 10.6 Å². The van der Waals surface area contributed by atoms with Gasteiger partial charge in [0.2, 0.25) is 11.9 Å². The SMILES string of the molecule is CCCC(=O)N1CCC(n2cc(-c3ccnc(N/C(C=N)=C/NC)n3)cn2)CC1. The van der Waals surface area contributed by atoms with Gasteiger partial charge >= 0.3 is 0 Å². The van der Waals surface area contributed by atoms with Crippen molar-refractivity contribution in [1.82, 2.24) is 30.0 Å². The van der Waals surface area contributed by atoms with E-state index in [9.17, 15) is 4.79 Å². The lowest BCUT2D eigenvalue weighted by molar-refractivity contribution is -0.132. The monoisotopic (exact) mass is 396 g/mol. The summed E-state index contributed by atoms with van der Waals surface area (Å²) >= 11 is 0. The van der Waals surface area contributed by atoms with Crippen LogP contribution in [0.25, 0.3) is 11.3 Å². The van der Waals surface area contributed by atoms with Gasteiger partial charge in [-0.25, -0.2) is 9.97 Å². The van der Waals surface area contributed by atoms with Crippen LogP contribution in [-0.2, 0) is 4.79 Å². The van der Waals surface area contributed by atoms with Crippen molar-refractivity contribution in [3.8, 4) is 11.3 Å². The average Bonchev–Trinajstić information content (AvgIpc) is 3.24. The fourth-order valence-electron chi connectivity index (χ4n) is 3.40. The number of aromatic nitrogens is 4. The fourth-order valence-corrected chi connectivity index (χ4v) is 3.40. The van der Waals surface area contributed by atoms with Crippen molar-refractivity contribution in [3.05, 3.63) is 36.6 Å². The molecule has 1 amide bonds. The first-order valence-corrected chi connectivity index (χ1v) is 9.95. The maximum absolute atomic E-state index is 12.1. The van der Waals surface area contributed by atoms with Crippen LogP contribution in [0.4, 0.5) is 5.95 Å². The van der Waals surface area contributed by atoms with Gasteiger partial charge in [0.1, 0.15) is 0 Å². The van der Waals surface area contributed by atoms with Gasteiger partial charge in [0.15, 0.2) is 0 Å². The molecular weight excluding hydrogens is 368 g/mol. The molecule has 0 saturated carbocycles. The minimum absolute atomic E-state index is 0.254. The van der Waals surface area contributed by atoms with Gasteiger partial charge in [-0.3, -0.25) is 9.48 Å². The summed E-state index contributed by atoms with van der Waals surface area (Å²) in [6.45, 7) is 3.60. The fraction of sp³-hybridized carbons (Fsp3) is 0.450. The molecular formula is C20H28N8O. The number of likely N-dealkylation sites (tertiary alicyclic amines) is 1. The summed E-state index contributed by atoms with van der Waals surface area (Å²) in [5.74, 6) is 0.674. The van der Waals surface area contributed by atoms with Gasteiger partial charge in [-0.2, -0.15) is 5.10 Å². The minimum atomic E-state index is 0.254. The van der Waals surface area contributed by atoms with Gasteiger partial charge in [-0.15, -0.1) is 0 Å². The Balaban J connectivity index is 1.66. The molecule has 29 heavy (non-hydrogen) atoms. The molecule has 2 aromatic heterocycles. The number of hydrogen-bond donors (Lipinski definition) is 3. The van der Waals surface area contributed by atoms with Crippen LogP contribution in [0, 0.1) is 5.41 Å². The molecule has 154 valence electrons. The van der Waals surface area contributed by atoms with E-state index in [-0.39, 0.29) is 11.9 Å². The van der Waals surface area contributed by atoms with E-state index in [1.54, 1.807) is 19.4 Å². The molecule has 0 atom stereocenters. The highest BCUT2D eigenvalue weighted by Gasteiger charge is 2.24. The second-order valence-corrected chi connectivity index (χ2v) is 6.99. The Kier molecular flexibility index (Phi) is 6.94. The molecule has 1 aliphatic rings. The number of allylic oxidation sites excluding steroid dienone is 1. The number of anilines is 1. The summed E-state index contributed by atoms with van der Waals surface area (Å²) in [7, 11) is 1.76. The summed E-state index contributed by atoms with van der Waals surface area (Å²) in [5, 5.41) is 17.8. The highest BCUT2D eigenvalue weighted by Crippen LogP contribution is 2.25. The zero-order valence-electron chi connectivity index (χ0n) is 16.9. The van der Waals surface area contributed by atoms with Crippen LogP contribution in [0.2, 0.25) is 0 Å². The minimum Gasteiger partial charge on any atom is -0.392 e. The van der Waals surface area contributed by atoms with Crippen molar-refractivity contribution in [2.24, 2.45) is 0 Å². The van der Waals surface area contributed by atoms with E-state index in [2.05, 4.69) is 25.7 Å². The molecule has 1 aliphatic heterocycles. The second kappa shape index (κ2) is 9.81. The lowest BCUT2D eigenvalue weighted by Gasteiger charge is -2.32. The first-order chi connectivity index (χ1) is 14.1. The molecule has 0 unspecified atom stereocenters. The van der Waals surface area contributed by atoms with Gasteiger partial charge < -0.3 is 20.9 Å². The predicted octanol–water partition coefficient (Wildman–Crippen LogP) is 2.43. The highest BCUT2D eigenvalue weighted by molar-refractivity contribution is 5.79. The zero-order valence-corrected chi connectivity index (χ0v) is 16.9. The van der Waals surface area contributed by atoms with Crippen LogP contribution in [0.1, 0.15) is 38.6 Å². The molecule has 3 rings (SSSR count). The van der Waals surface area contributed by atoms with Crippen molar-refractivity contribution in [1.29, 1.82) is 5.41 Å². The molecule has 3 N–H and O–H groups in total. The molecule has 3 heterocycles. The van der Waals surface area contributed by atoms with Crippen LogP contribution in [0.3, 0.4) is 0 Å². The highest BCUT2D eigenvalue weighted by atomic mass is 16.2. The second-order valence-electron chi connectivity index (χ2n) is 6.99. The Bertz CT molecular complexity index is 867. The number of nitrogens with one attached hydrogen (secondary N) is 3. The Morgan fingerprint density at radius 2 is 2.17 bits per heavy atom. The molecule has 9 nitrogen and oxygen atoms in total. The summed E-state index contributed by atoms with van der Waals surface area (Å²) in [6.07, 6.45) is 11.7. The quantitative estimate of drug-likeness (QED) is 0.591. The van der Waals surface area contributed by atoms with Gasteiger partial charge in [-0.1, -0.05) is 6.92 Å². The molecule has 9 heteroatoms. The van der Waals surface area contributed by atoms with E-state index in [0.29, 0.717) is 18.1 Å². The van der Waals surface area contributed by atoms with Crippen LogP contribution in [0.15, 0.2) is 36.6 Å². The lowest BCUT2D eigenvalue weighted by atomic mass is 10.0. The van der Waals surface area contributed by atoms with Crippen LogP contribution in [-0.4, -0.2) is 56.9 Å². The third-order valence-corrected chi connectivity index (χ3v) is 4.92. The third-order valence-electron chi connectivity index (χ3n) is 4.92. The molecule has 0 bridgehead atoms. The number of carbonyl (C=O) groups is 1. The molecule has 0 spiro atoms. The van der Waals surface area contributed by atoms with Crippen molar-refractivity contribution in [3.63, 3.8) is 0 Å². The average molecular weight is 396 g/mol. The van der Waals surface area contributed by atoms with Crippen molar-refractivity contribution < 1.29 is 4.79 Å². The Morgan fingerprint density at radius 3 is 2.86 bits per heavy atom. The predicted molar refractivity (Wildman–Crippen MR) is 113 cm³/mol. The largest absolute Gasteiger partial charge is 0.392 e. The van der Waals surface area contributed by atoms with E-state index >= 15 is 0 Å². The number of nitrogens with zero attached hydrogens (tertiary/aromatic N) is 5. The van der Waals surface area contributed by atoms with Crippen LogP contribution >= 0.6 is 0 Å². The molecule has 0 aliphatic carbocycles. The van der Waals surface area contributed by atoms with Crippen molar-refractivity contribution >= 4 is 18.1 Å². The van der Waals surface area contributed by atoms with Crippen LogP contribution in [0.5, 0.6) is 0 Å². The Labute approximate surface area is 170 Å². The smallest absolute Gasteiger partial charge is 0.227 e. The Hall–Kier alpha value is -3.23. The normalized spacial score (nSPS) is 15.2. The van der Waals surface area contributed by atoms with Crippen molar-refractivity contribution in [2.45, 2.75) is 38.6 Å². The Morgan fingerprint density at radius 1 is 1.38 bits per heavy atom. The van der Waals surface area contributed by atoms with E-state index < -0.39 is 0 Å². The molecule has 1 fully saturated rings. The maximum atomic E-state index is 12.1. The van der Waals surface area contributed by atoms with Crippen molar-refractivity contribution in [2.75, 3.05) is 25.5 Å². The summed E-state index contributed by atoms with van der Waals surface area (Å²) in [6, 6.07) is 2.13. The van der Waals surface area contributed by atoms with Gasteiger partial charge in [-0.05, 0) is 25.3 Å². The molecule has 1 saturated heterocycles. The first-order valence-electron chi connectivity index (χ1n) is 9.95. The molecule has 2 aromatic rings. The van der Waals surface area contributed by atoms with E-state index in [1.165, 1.54) is 6.21 Å². The number of hydrogen-bond acceptors (Lipinski definition) is 7. The van der Waals surface area contributed by atoms with E-state index in [4.69, 9.17) is 5.41 Å². The first kappa shape index (κ1) is 20.5. The summed E-state index contributed by atoms with van der Waals surface area (Å²) in [5.41, 5.74) is 2.23. The van der Waals surface area contributed by atoms with E-state index in [0.717, 1.165) is 43.6 Å². The summed E-state index contributed by atoms with van der Waals surface area (Å²) in [4.78, 5) is 22.8. The third kappa shape index (κ3) is 5.18. The molecule has 0 aromatic carbocycles. The standard InChI is InChI=1S/C20H28N8O/c1-3-4-19(29)27-9-6-17(7-10-27)28-14-15(12-24-28)18-5-8-23-20(26-18)25-16(11-21)13-22-2/h5,8,11-14,17,21-22H,3-4,6-7,9-10H2,1-2H3,(H,23,25,26)/b16-13+,21-11?. The topological polar surface area (TPSA) is 112 Å². The number of piperidine rings is 1. The van der Waals surface area contributed by atoms with Gasteiger partial charge in [0.05, 0.1) is 23.6 Å². The number of rotatable bonds is 8. The summed E-state index contributed by atoms with van der Waals surface area (Å²) < 4.78 is 1.98. The molecule has 0 radical (unpaired) electrons. The van der Waals surface area contributed by atoms with E-state index in [1.807, 2.05) is 35.0 Å². The van der Waals surface area contributed by atoms with Gasteiger partial charge in [0.25, 0.3) is 0 Å². The van der Waals surface area contributed by atoms with Gasteiger partial charge in [0, 0.05) is 56.9 Å². The maximum Gasteiger partial charge on any atom is 0.227 e.